The molecule has 2 aliphatic heterocycles. The van der Waals surface area contributed by atoms with E-state index in [-0.39, 0.29) is 0 Å². The Balaban J connectivity index is 1.87. The van der Waals surface area contributed by atoms with Crippen LogP contribution in [0.5, 0.6) is 5.75 Å². The SMILES string of the molecule is CC1CCC(c2cccc3c2OCC3)CN1. The van der Waals surface area contributed by atoms with E-state index in [9.17, 15) is 0 Å². The number of hydrogen-bond donors (Lipinski definition) is 1. The fourth-order valence-electron chi connectivity index (χ4n) is 2.83. The zero-order valence-electron chi connectivity index (χ0n) is 9.83. The third kappa shape index (κ3) is 1.71. The van der Waals surface area contributed by atoms with Gasteiger partial charge < -0.3 is 10.1 Å². The van der Waals surface area contributed by atoms with Crippen LogP contribution in [0.15, 0.2) is 18.2 Å². The molecule has 2 atom stereocenters. The van der Waals surface area contributed by atoms with E-state index < -0.39 is 0 Å². The fourth-order valence-corrected chi connectivity index (χ4v) is 2.83. The first-order chi connectivity index (χ1) is 7.84. The number of piperidine rings is 1. The second kappa shape index (κ2) is 4.10. The highest BCUT2D eigenvalue weighted by Gasteiger charge is 2.25. The number of hydrogen-bond acceptors (Lipinski definition) is 2. The Bertz CT molecular complexity index is 380. The predicted octanol–water partition coefficient (Wildman–Crippen LogP) is 2.48. The van der Waals surface area contributed by atoms with Crippen LogP contribution in [0.3, 0.4) is 0 Å². The normalized spacial score (nSPS) is 28.6. The molecule has 86 valence electrons. The van der Waals surface area contributed by atoms with Gasteiger partial charge in [-0.2, -0.15) is 0 Å². The lowest BCUT2D eigenvalue weighted by atomic mass is 9.87. The maximum atomic E-state index is 5.78. The summed E-state index contributed by atoms with van der Waals surface area (Å²) in [4.78, 5) is 0. The van der Waals surface area contributed by atoms with Crippen molar-refractivity contribution in [2.45, 2.75) is 38.1 Å². The summed E-state index contributed by atoms with van der Waals surface area (Å²) >= 11 is 0. The predicted molar refractivity (Wildman–Crippen MR) is 65.1 cm³/mol. The van der Waals surface area contributed by atoms with Crippen LogP contribution in [-0.2, 0) is 6.42 Å². The molecule has 2 aliphatic rings. The molecule has 1 saturated heterocycles. The number of nitrogens with one attached hydrogen (secondary N) is 1. The van der Waals surface area contributed by atoms with Crippen molar-refractivity contribution in [1.29, 1.82) is 0 Å². The van der Waals surface area contributed by atoms with Gasteiger partial charge >= 0.3 is 0 Å². The van der Waals surface area contributed by atoms with E-state index in [1.807, 2.05) is 0 Å². The quantitative estimate of drug-likeness (QED) is 0.780. The highest BCUT2D eigenvalue weighted by atomic mass is 16.5. The maximum Gasteiger partial charge on any atom is 0.126 e. The summed E-state index contributed by atoms with van der Waals surface area (Å²) < 4.78 is 5.78. The molecule has 1 aromatic carbocycles. The summed E-state index contributed by atoms with van der Waals surface area (Å²) in [5, 5.41) is 3.57. The van der Waals surface area contributed by atoms with E-state index in [4.69, 9.17) is 4.74 Å². The minimum Gasteiger partial charge on any atom is -0.493 e. The van der Waals surface area contributed by atoms with Gasteiger partial charge in [0.25, 0.3) is 0 Å². The van der Waals surface area contributed by atoms with Crippen molar-refractivity contribution < 1.29 is 4.74 Å². The van der Waals surface area contributed by atoms with Crippen LogP contribution in [0.25, 0.3) is 0 Å². The molecule has 2 unspecified atom stereocenters. The Hall–Kier alpha value is -1.02. The van der Waals surface area contributed by atoms with Gasteiger partial charge in [-0.25, -0.2) is 0 Å². The molecule has 2 heterocycles. The molecule has 0 aliphatic carbocycles. The third-order valence-corrected chi connectivity index (χ3v) is 3.85. The second-order valence-corrected chi connectivity index (χ2v) is 5.02. The first-order valence-electron chi connectivity index (χ1n) is 6.32. The van der Waals surface area contributed by atoms with E-state index in [0.29, 0.717) is 12.0 Å². The van der Waals surface area contributed by atoms with Gasteiger partial charge in [-0.1, -0.05) is 18.2 Å². The molecular weight excluding hydrogens is 198 g/mol. The summed E-state index contributed by atoms with van der Waals surface area (Å²) in [5.41, 5.74) is 2.82. The molecule has 0 bridgehead atoms. The maximum absolute atomic E-state index is 5.78. The van der Waals surface area contributed by atoms with E-state index >= 15 is 0 Å². The van der Waals surface area contributed by atoms with Gasteiger partial charge in [0.15, 0.2) is 0 Å². The van der Waals surface area contributed by atoms with Gasteiger partial charge in [-0.3, -0.25) is 0 Å². The molecule has 0 radical (unpaired) electrons. The van der Waals surface area contributed by atoms with E-state index in [1.165, 1.54) is 29.7 Å². The van der Waals surface area contributed by atoms with Gasteiger partial charge in [0.05, 0.1) is 6.61 Å². The van der Waals surface area contributed by atoms with E-state index in [1.54, 1.807) is 0 Å². The minimum absolute atomic E-state index is 0.643. The molecule has 0 aromatic heterocycles. The Morgan fingerprint density at radius 1 is 1.31 bits per heavy atom. The lowest BCUT2D eigenvalue weighted by Crippen LogP contribution is -2.35. The Morgan fingerprint density at radius 2 is 2.25 bits per heavy atom. The summed E-state index contributed by atoms with van der Waals surface area (Å²) in [7, 11) is 0. The molecule has 0 saturated carbocycles. The molecular formula is C14H19NO. The van der Waals surface area contributed by atoms with Gasteiger partial charge in [0.1, 0.15) is 5.75 Å². The third-order valence-electron chi connectivity index (χ3n) is 3.85. The minimum atomic E-state index is 0.643. The topological polar surface area (TPSA) is 21.3 Å². The summed E-state index contributed by atoms with van der Waals surface area (Å²) in [5.74, 6) is 1.83. The molecule has 16 heavy (non-hydrogen) atoms. The number of ether oxygens (including phenoxy) is 1. The van der Waals surface area contributed by atoms with Crippen LogP contribution in [0, 0.1) is 0 Å². The van der Waals surface area contributed by atoms with Crippen LogP contribution in [0.2, 0.25) is 0 Å². The number of fused-ring (bicyclic) bond motifs is 1. The zero-order valence-corrected chi connectivity index (χ0v) is 9.83. The van der Waals surface area contributed by atoms with Crippen LogP contribution in [-0.4, -0.2) is 19.2 Å². The molecule has 0 spiro atoms. The van der Waals surface area contributed by atoms with Crippen molar-refractivity contribution in [3.8, 4) is 5.75 Å². The summed E-state index contributed by atoms with van der Waals surface area (Å²) in [6.07, 6.45) is 3.64. The summed E-state index contributed by atoms with van der Waals surface area (Å²) in [6, 6.07) is 7.30. The van der Waals surface area contributed by atoms with Gasteiger partial charge in [0.2, 0.25) is 0 Å². The van der Waals surface area contributed by atoms with Crippen LogP contribution < -0.4 is 10.1 Å². The monoisotopic (exact) mass is 217 g/mol. The van der Waals surface area contributed by atoms with Gasteiger partial charge in [-0.15, -0.1) is 0 Å². The lowest BCUT2D eigenvalue weighted by molar-refractivity contribution is 0.338. The van der Waals surface area contributed by atoms with Gasteiger partial charge in [-0.05, 0) is 30.9 Å². The number of rotatable bonds is 1. The highest BCUT2D eigenvalue weighted by molar-refractivity contribution is 5.46. The second-order valence-electron chi connectivity index (χ2n) is 5.02. The van der Waals surface area contributed by atoms with Crippen molar-refractivity contribution in [2.75, 3.05) is 13.2 Å². The Kier molecular flexibility index (Phi) is 2.60. The molecule has 1 fully saturated rings. The van der Waals surface area contributed by atoms with Crippen LogP contribution >= 0.6 is 0 Å². The Morgan fingerprint density at radius 3 is 3.06 bits per heavy atom. The molecule has 1 N–H and O–H groups in total. The Labute approximate surface area is 97.0 Å². The molecule has 3 rings (SSSR count). The van der Waals surface area contributed by atoms with Crippen molar-refractivity contribution in [1.82, 2.24) is 5.32 Å². The number of benzene rings is 1. The first-order valence-corrected chi connectivity index (χ1v) is 6.32. The first kappa shape index (κ1) is 10.2. The number of para-hydroxylation sites is 1. The fraction of sp³-hybridized carbons (Fsp3) is 0.571. The van der Waals surface area contributed by atoms with Gasteiger partial charge in [0, 0.05) is 24.9 Å². The average molecular weight is 217 g/mol. The largest absolute Gasteiger partial charge is 0.493 e. The van der Waals surface area contributed by atoms with Crippen LogP contribution in [0.4, 0.5) is 0 Å². The van der Waals surface area contributed by atoms with Crippen molar-refractivity contribution in [3.05, 3.63) is 29.3 Å². The molecule has 2 nitrogen and oxygen atoms in total. The summed E-state index contributed by atoms with van der Waals surface area (Å²) in [6.45, 7) is 4.23. The van der Waals surface area contributed by atoms with Crippen LogP contribution in [0.1, 0.15) is 36.8 Å². The van der Waals surface area contributed by atoms with Crippen molar-refractivity contribution in [3.63, 3.8) is 0 Å². The molecule has 2 heteroatoms. The van der Waals surface area contributed by atoms with Crippen molar-refractivity contribution in [2.24, 2.45) is 0 Å². The zero-order chi connectivity index (χ0) is 11.0. The standard InChI is InChI=1S/C14H19NO/c1-10-5-6-12(9-15-10)13-4-2-3-11-7-8-16-14(11)13/h2-4,10,12,15H,5-9H2,1H3. The van der Waals surface area contributed by atoms with E-state index in [0.717, 1.165) is 19.6 Å². The van der Waals surface area contributed by atoms with Crippen molar-refractivity contribution >= 4 is 0 Å². The average Bonchev–Trinajstić information content (AvgIpc) is 2.78. The van der Waals surface area contributed by atoms with E-state index in [2.05, 4.69) is 30.4 Å². The lowest BCUT2D eigenvalue weighted by Gasteiger charge is -2.28. The molecule has 1 aromatic rings. The smallest absolute Gasteiger partial charge is 0.126 e. The molecule has 0 amide bonds. The highest BCUT2D eigenvalue weighted by Crippen LogP contribution is 2.37.